The Morgan fingerprint density at radius 3 is 1.70 bits per heavy atom. The smallest absolute Gasteiger partial charge is 0.224 e. The van der Waals surface area contributed by atoms with E-state index in [0.29, 0.717) is 12.5 Å². The molecule has 1 radical (unpaired) electrons. The zero-order chi connectivity index (χ0) is 17.6. The Labute approximate surface area is 128 Å². The van der Waals surface area contributed by atoms with Gasteiger partial charge < -0.3 is 0 Å². The number of hydrogen-bond acceptors (Lipinski definition) is 2. The normalized spacial score (nSPS) is 23.0. The number of sulfone groups is 1. The Kier molecular flexibility index (Phi) is 4.29. The third-order valence-corrected chi connectivity index (χ3v) is 4.61. The lowest BCUT2D eigenvalue weighted by atomic mass is 9.93. The van der Waals surface area contributed by atoms with Crippen LogP contribution >= 0.6 is 0 Å². The molecule has 23 heavy (non-hydrogen) atoms. The zero-order valence-corrected chi connectivity index (χ0v) is 12.4. The number of allylic oxidation sites excluding steroid dienone is 2. The lowest BCUT2D eigenvalue weighted by molar-refractivity contribution is -0.230. The average Bonchev–Trinajstić information content (AvgIpc) is 2.82. The summed E-state index contributed by atoms with van der Waals surface area (Å²) >= 11 is 0. The molecule has 0 amide bonds. The zero-order valence-electron chi connectivity index (χ0n) is 11.6. The average molecular weight is 357 g/mol. The summed E-state index contributed by atoms with van der Waals surface area (Å²) < 4.78 is 99.5. The number of benzene rings is 1. The van der Waals surface area contributed by atoms with Gasteiger partial charge in [0, 0.05) is 12.7 Å². The molecule has 1 aromatic carbocycles. The third-order valence-electron chi connectivity index (χ3n) is 3.48. The second-order valence-electron chi connectivity index (χ2n) is 5.22. The fourth-order valence-corrected chi connectivity index (χ4v) is 2.96. The Balaban J connectivity index is 2.37. The van der Waals surface area contributed by atoms with E-state index in [4.69, 9.17) is 0 Å². The highest BCUT2D eigenvalue weighted by Gasteiger charge is 2.56. The molecule has 0 fully saturated rings. The molecule has 0 N–H and O–H groups in total. The second kappa shape index (κ2) is 5.54. The Morgan fingerprint density at radius 2 is 1.35 bits per heavy atom. The van der Waals surface area contributed by atoms with Crippen molar-refractivity contribution in [2.45, 2.75) is 17.2 Å². The van der Waals surface area contributed by atoms with E-state index in [1.54, 1.807) is 0 Å². The first-order valence-corrected chi connectivity index (χ1v) is 8.20. The molecule has 0 spiro atoms. The Morgan fingerprint density at radius 1 is 0.870 bits per heavy atom. The highest BCUT2D eigenvalue weighted by molar-refractivity contribution is 7.90. The van der Waals surface area contributed by atoms with Gasteiger partial charge in [-0.3, -0.25) is 0 Å². The van der Waals surface area contributed by atoms with E-state index in [1.807, 2.05) is 0 Å². The predicted octanol–water partition coefficient (Wildman–Crippen LogP) is 4.05. The van der Waals surface area contributed by atoms with Gasteiger partial charge in [-0.25, -0.2) is 8.42 Å². The van der Waals surface area contributed by atoms with Gasteiger partial charge in [0.15, 0.2) is 9.84 Å². The molecule has 2 nitrogen and oxygen atoms in total. The topological polar surface area (TPSA) is 34.1 Å². The van der Waals surface area contributed by atoms with Crippen molar-refractivity contribution < 1.29 is 34.8 Å². The van der Waals surface area contributed by atoms with Crippen LogP contribution in [-0.4, -0.2) is 27.0 Å². The van der Waals surface area contributed by atoms with Gasteiger partial charge in [0.1, 0.15) is 0 Å². The molecule has 127 valence electrons. The lowest BCUT2D eigenvalue weighted by Crippen LogP contribution is -2.35. The van der Waals surface area contributed by atoms with Crippen molar-refractivity contribution in [3.63, 3.8) is 0 Å². The fraction of sp³-hybridized carbons (Fsp3) is 0.357. The van der Waals surface area contributed by atoms with Crippen LogP contribution in [0.1, 0.15) is 5.56 Å². The first-order valence-electron chi connectivity index (χ1n) is 6.31. The van der Waals surface area contributed by atoms with E-state index in [2.05, 4.69) is 0 Å². The fourth-order valence-electron chi connectivity index (χ4n) is 2.33. The molecule has 2 unspecified atom stereocenters. The van der Waals surface area contributed by atoms with E-state index in [0.717, 1.165) is 18.4 Å². The molecule has 1 aliphatic carbocycles. The maximum Gasteiger partial charge on any atom is 0.395 e. The molecule has 2 rings (SSSR count). The lowest BCUT2D eigenvalue weighted by Gasteiger charge is -2.23. The van der Waals surface area contributed by atoms with Crippen LogP contribution in [0.15, 0.2) is 35.2 Å². The minimum absolute atomic E-state index is 0.0698. The monoisotopic (exact) mass is 357 g/mol. The van der Waals surface area contributed by atoms with Gasteiger partial charge in [-0.2, -0.15) is 26.3 Å². The largest absolute Gasteiger partial charge is 0.395 e. The predicted molar refractivity (Wildman–Crippen MR) is 70.9 cm³/mol. The van der Waals surface area contributed by atoms with Crippen LogP contribution in [0.2, 0.25) is 0 Å². The van der Waals surface area contributed by atoms with Crippen LogP contribution in [0.3, 0.4) is 0 Å². The summed E-state index contributed by atoms with van der Waals surface area (Å²) in [4.78, 5) is -0.0698. The van der Waals surface area contributed by atoms with Gasteiger partial charge in [-0.1, -0.05) is 18.2 Å². The summed E-state index contributed by atoms with van der Waals surface area (Å²) in [7, 11) is -3.50. The first-order chi connectivity index (χ1) is 10.3. The Hall–Kier alpha value is -1.51. The van der Waals surface area contributed by atoms with E-state index >= 15 is 0 Å². The van der Waals surface area contributed by atoms with Gasteiger partial charge in [-0.05, 0) is 23.3 Å². The van der Waals surface area contributed by atoms with Crippen LogP contribution in [0.4, 0.5) is 26.3 Å². The molecular weight excluding hydrogens is 346 g/mol. The number of alkyl halides is 6. The quantitative estimate of drug-likeness (QED) is 0.749. The summed E-state index contributed by atoms with van der Waals surface area (Å²) in [6, 6.07) is 4.65. The van der Waals surface area contributed by atoms with Crippen molar-refractivity contribution in [3.8, 4) is 0 Å². The first kappa shape index (κ1) is 17.8. The maximum absolute atomic E-state index is 12.8. The van der Waals surface area contributed by atoms with Crippen molar-refractivity contribution in [2.24, 2.45) is 11.8 Å². The molecule has 0 heterocycles. The van der Waals surface area contributed by atoms with Crippen LogP contribution in [0, 0.1) is 18.3 Å². The molecule has 9 heteroatoms. The molecule has 0 saturated heterocycles. The molecule has 1 aromatic rings. The van der Waals surface area contributed by atoms with E-state index in [-0.39, 0.29) is 16.0 Å². The minimum atomic E-state index is -5.02. The summed E-state index contributed by atoms with van der Waals surface area (Å²) in [5.74, 6) is -5.29. The van der Waals surface area contributed by atoms with Crippen LogP contribution < -0.4 is 0 Å². The molecule has 0 aliphatic heterocycles. The molecule has 0 bridgehead atoms. The van der Waals surface area contributed by atoms with Crippen molar-refractivity contribution in [3.05, 3.63) is 42.3 Å². The van der Waals surface area contributed by atoms with Gasteiger partial charge in [0.05, 0.1) is 16.7 Å². The van der Waals surface area contributed by atoms with Crippen LogP contribution in [0.25, 0.3) is 5.57 Å². The van der Waals surface area contributed by atoms with Crippen LogP contribution in [0.5, 0.6) is 0 Å². The molecule has 0 saturated carbocycles. The number of rotatable bonds is 2. The SMILES string of the molecule is CS(=O)(=O)c1ccc(C2=CC(C(F)(F)F)C(C(F)(F)F)[CH]2)cc1. The summed E-state index contributed by atoms with van der Waals surface area (Å²) in [6.45, 7) is 0. The van der Waals surface area contributed by atoms with Crippen molar-refractivity contribution in [1.82, 2.24) is 0 Å². The molecule has 0 aromatic heterocycles. The number of hydrogen-bond donors (Lipinski definition) is 0. The summed E-state index contributed by atoms with van der Waals surface area (Å²) in [5.41, 5.74) is -0.117. The van der Waals surface area contributed by atoms with Crippen molar-refractivity contribution in [1.29, 1.82) is 0 Å². The molecular formula is C14H11F6O2S. The highest BCUT2D eigenvalue weighted by atomic mass is 32.2. The second-order valence-corrected chi connectivity index (χ2v) is 7.24. The Bertz CT molecular complexity index is 713. The molecule has 2 atom stereocenters. The number of halogens is 6. The van der Waals surface area contributed by atoms with Gasteiger partial charge in [0.2, 0.25) is 0 Å². The summed E-state index contributed by atoms with van der Waals surface area (Å²) in [6.07, 6.45) is -8.06. The van der Waals surface area contributed by atoms with E-state index < -0.39 is 34.0 Å². The van der Waals surface area contributed by atoms with Crippen molar-refractivity contribution >= 4 is 15.4 Å². The van der Waals surface area contributed by atoms with Crippen LogP contribution in [-0.2, 0) is 9.84 Å². The highest BCUT2D eigenvalue weighted by Crippen LogP contribution is 2.50. The standard InChI is InChI=1S/C14H11F6O2S/c1-23(21,22)10-4-2-8(3-5-10)9-6-11(13(15,16)17)12(7-9)14(18,19)20/h2-7,11-12H,1H3. The van der Waals surface area contributed by atoms with Gasteiger partial charge >= 0.3 is 12.4 Å². The van der Waals surface area contributed by atoms with E-state index in [9.17, 15) is 34.8 Å². The molecule has 1 aliphatic rings. The van der Waals surface area contributed by atoms with E-state index in [1.165, 1.54) is 12.1 Å². The van der Waals surface area contributed by atoms with Crippen molar-refractivity contribution in [2.75, 3.05) is 6.26 Å². The van der Waals surface area contributed by atoms with Gasteiger partial charge in [0.25, 0.3) is 0 Å². The maximum atomic E-state index is 12.8. The third kappa shape index (κ3) is 3.88. The summed E-state index contributed by atoms with van der Waals surface area (Å²) in [5, 5.41) is 0. The minimum Gasteiger partial charge on any atom is -0.224 e. The van der Waals surface area contributed by atoms with Gasteiger partial charge in [-0.15, -0.1) is 0 Å².